The van der Waals surface area contributed by atoms with E-state index in [1.165, 1.54) is 24.0 Å². The second-order valence-electron chi connectivity index (χ2n) is 5.28. The van der Waals surface area contributed by atoms with Crippen LogP contribution in [0, 0.1) is 0 Å². The lowest BCUT2D eigenvalue weighted by Gasteiger charge is -2.20. The molecule has 1 aromatic heterocycles. The van der Waals surface area contributed by atoms with Crippen LogP contribution in [0.5, 0.6) is 0 Å². The van der Waals surface area contributed by atoms with Crippen molar-refractivity contribution in [3.63, 3.8) is 0 Å². The predicted molar refractivity (Wildman–Crippen MR) is 74.3 cm³/mol. The summed E-state index contributed by atoms with van der Waals surface area (Å²) in [4.78, 5) is 2.38. The number of nitrogens with zero attached hydrogens (tertiary/aromatic N) is 1. The van der Waals surface area contributed by atoms with Crippen LogP contribution >= 0.6 is 0 Å². The zero-order valence-corrected chi connectivity index (χ0v) is 11.5. The highest BCUT2D eigenvalue weighted by atomic mass is 16.3. The smallest absolute Gasteiger partial charge is 0.122 e. The monoisotopic (exact) mass is 248 g/mol. The quantitative estimate of drug-likeness (QED) is 0.717. The Morgan fingerprint density at radius 3 is 2.94 bits per heavy atom. The van der Waals surface area contributed by atoms with E-state index in [-0.39, 0.29) is 0 Å². The molecule has 0 unspecified atom stereocenters. The van der Waals surface area contributed by atoms with E-state index >= 15 is 0 Å². The number of hydrogen-bond donors (Lipinski definition) is 1. The van der Waals surface area contributed by atoms with Crippen molar-refractivity contribution in [3.05, 3.63) is 35.8 Å². The topological polar surface area (TPSA) is 28.4 Å². The second kappa shape index (κ2) is 6.21. The highest BCUT2D eigenvalue weighted by molar-refractivity contribution is 5.17. The first-order valence-electron chi connectivity index (χ1n) is 6.84. The van der Waals surface area contributed by atoms with Gasteiger partial charge >= 0.3 is 0 Å². The van der Waals surface area contributed by atoms with E-state index in [0.29, 0.717) is 0 Å². The zero-order chi connectivity index (χ0) is 13.0. The lowest BCUT2D eigenvalue weighted by molar-refractivity contribution is 0.301. The molecule has 2 rings (SSSR count). The molecule has 3 heteroatoms. The van der Waals surface area contributed by atoms with Crippen LogP contribution < -0.4 is 5.32 Å². The SMILES string of the molecule is C=C(C)CN(CC)Cc1ccoc1CNC1CC1. The first-order chi connectivity index (χ1) is 8.69. The standard InChI is InChI=1S/C15H24N2O/c1-4-17(10-12(2)3)11-13-7-8-18-15(13)9-16-14-5-6-14/h7-8,14,16H,2,4-6,9-11H2,1,3H3. The number of likely N-dealkylation sites (N-methyl/N-ethyl adjacent to an activating group) is 1. The van der Waals surface area contributed by atoms with Crippen LogP contribution in [0.25, 0.3) is 0 Å². The summed E-state index contributed by atoms with van der Waals surface area (Å²) in [7, 11) is 0. The third-order valence-corrected chi connectivity index (χ3v) is 3.30. The Morgan fingerprint density at radius 1 is 1.56 bits per heavy atom. The van der Waals surface area contributed by atoms with Crippen molar-refractivity contribution in [3.8, 4) is 0 Å². The molecule has 0 saturated heterocycles. The molecule has 1 aliphatic rings. The molecule has 0 atom stereocenters. The molecule has 0 amide bonds. The van der Waals surface area contributed by atoms with Crippen molar-refractivity contribution < 1.29 is 4.42 Å². The van der Waals surface area contributed by atoms with Crippen molar-refractivity contribution in [2.24, 2.45) is 0 Å². The first kappa shape index (κ1) is 13.4. The number of nitrogens with one attached hydrogen (secondary N) is 1. The molecular weight excluding hydrogens is 224 g/mol. The Morgan fingerprint density at radius 2 is 2.33 bits per heavy atom. The van der Waals surface area contributed by atoms with Gasteiger partial charge in [-0.2, -0.15) is 0 Å². The third-order valence-electron chi connectivity index (χ3n) is 3.30. The molecule has 1 saturated carbocycles. The van der Waals surface area contributed by atoms with Gasteiger partial charge in [-0.25, -0.2) is 0 Å². The maximum Gasteiger partial charge on any atom is 0.122 e. The van der Waals surface area contributed by atoms with E-state index in [0.717, 1.165) is 38.0 Å². The molecule has 1 N–H and O–H groups in total. The maximum atomic E-state index is 5.58. The molecule has 1 aliphatic carbocycles. The van der Waals surface area contributed by atoms with E-state index in [1.807, 2.05) is 0 Å². The summed E-state index contributed by atoms with van der Waals surface area (Å²) in [6.45, 7) is 12.0. The van der Waals surface area contributed by atoms with Crippen LogP contribution in [0.2, 0.25) is 0 Å². The summed E-state index contributed by atoms with van der Waals surface area (Å²) < 4.78 is 5.58. The molecular formula is C15H24N2O. The minimum Gasteiger partial charge on any atom is -0.468 e. The van der Waals surface area contributed by atoms with Crippen molar-refractivity contribution in [2.75, 3.05) is 13.1 Å². The van der Waals surface area contributed by atoms with Gasteiger partial charge in [0.1, 0.15) is 5.76 Å². The molecule has 0 aromatic carbocycles. The van der Waals surface area contributed by atoms with Crippen LogP contribution in [0.15, 0.2) is 28.9 Å². The normalized spacial score (nSPS) is 15.3. The fourth-order valence-corrected chi connectivity index (χ4v) is 2.09. The Balaban J connectivity index is 1.89. The summed E-state index contributed by atoms with van der Waals surface area (Å²) in [6, 6.07) is 2.81. The molecule has 0 spiro atoms. The van der Waals surface area contributed by atoms with Gasteiger partial charge in [-0.3, -0.25) is 4.90 Å². The van der Waals surface area contributed by atoms with E-state index in [9.17, 15) is 0 Å². The van der Waals surface area contributed by atoms with Crippen LogP contribution in [0.3, 0.4) is 0 Å². The zero-order valence-electron chi connectivity index (χ0n) is 11.5. The Labute approximate surface area is 110 Å². The fraction of sp³-hybridized carbons (Fsp3) is 0.600. The summed E-state index contributed by atoms with van der Waals surface area (Å²) >= 11 is 0. The fourth-order valence-electron chi connectivity index (χ4n) is 2.09. The van der Waals surface area contributed by atoms with Gasteiger partial charge in [0, 0.05) is 24.7 Å². The Hall–Kier alpha value is -1.06. The minimum absolute atomic E-state index is 0.723. The molecule has 18 heavy (non-hydrogen) atoms. The molecule has 1 fully saturated rings. The molecule has 1 aromatic rings. The summed E-state index contributed by atoms with van der Waals surface area (Å²) in [5.74, 6) is 1.09. The highest BCUT2D eigenvalue weighted by Crippen LogP contribution is 2.21. The molecule has 0 bridgehead atoms. The van der Waals surface area contributed by atoms with Crippen LogP contribution in [-0.4, -0.2) is 24.0 Å². The largest absolute Gasteiger partial charge is 0.468 e. The van der Waals surface area contributed by atoms with Crippen molar-refractivity contribution in [1.29, 1.82) is 0 Å². The van der Waals surface area contributed by atoms with Gasteiger partial charge in [0.15, 0.2) is 0 Å². The van der Waals surface area contributed by atoms with Crippen LogP contribution in [-0.2, 0) is 13.1 Å². The highest BCUT2D eigenvalue weighted by Gasteiger charge is 2.21. The number of hydrogen-bond acceptors (Lipinski definition) is 3. The molecule has 1 heterocycles. The molecule has 0 radical (unpaired) electrons. The molecule has 0 aliphatic heterocycles. The lowest BCUT2D eigenvalue weighted by atomic mass is 10.2. The Kier molecular flexibility index (Phi) is 4.61. The Bertz CT molecular complexity index is 393. The van der Waals surface area contributed by atoms with Crippen molar-refractivity contribution >= 4 is 0 Å². The number of furan rings is 1. The van der Waals surface area contributed by atoms with Gasteiger partial charge in [0.05, 0.1) is 12.8 Å². The maximum absolute atomic E-state index is 5.58. The second-order valence-corrected chi connectivity index (χ2v) is 5.28. The molecule has 100 valence electrons. The van der Waals surface area contributed by atoms with Crippen LogP contribution in [0.1, 0.15) is 38.0 Å². The average molecular weight is 248 g/mol. The average Bonchev–Trinajstić information content (AvgIpc) is 3.06. The van der Waals surface area contributed by atoms with Gasteiger partial charge < -0.3 is 9.73 Å². The van der Waals surface area contributed by atoms with Crippen LogP contribution in [0.4, 0.5) is 0 Å². The first-order valence-corrected chi connectivity index (χ1v) is 6.84. The van der Waals surface area contributed by atoms with Gasteiger partial charge in [-0.1, -0.05) is 19.1 Å². The van der Waals surface area contributed by atoms with E-state index in [1.54, 1.807) is 6.26 Å². The lowest BCUT2D eigenvalue weighted by Crippen LogP contribution is -2.25. The predicted octanol–water partition coefficient (Wildman–Crippen LogP) is 2.93. The number of rotatable bonds is 8. The van der Waals surface area contributed by atoms with E-state index < -0.39 is 0 Å². The van der Waals surface area contributed by atoms with E-state index in [2.05, 4.69) is 36.7 Å². The molecule has 3 nitrogen and oxygen atoms in total. The van der Waals surface area contributed by atoms with Crippen molar-refractivity contribution in [2.45, 2.75) is 45.8 Å². The minimum atomic E-state index is 0.723. The van der Waals surface area contributed by atoms with Gasteiger partial charge in [0.25, 0.3) is 0 Å². The van der Waals surface area contributed by atoms with Gasteiger partial charge in [-0.05, 0) is 32.4 Å². The summed E-state index contributed by atoms with van der Waals surface area (Å²) in [5.41, 5.74) is 2.50. The van der Waals surface area contributed by atoms with Gasteiger partial charge in [0.2, 0.25) is 0 Å². The third kappa shape index (κ3) is 4.00. The van der Waals surface area contributed by atoms with Crippen molar-refractivity contribution in [1.82, 2.24) is 10.2 Å². The summed E-state index contributed by atoms with van der Waals surface area (Å²) in [6.07, 6.45) is 4.42. The summed E-state index contributed by atoms with van der Waals surface area (Å²) in [5, 5.41) is 3.50. The van der Waals surface area contributed by atoms with E-state index in [4.69, 9.17) is 4.42 Å². The van der Waals surface area contributed by atoms with Gasteiger partial charge in [-0.15, -0.1) is 0 Å².